The van der Waals surface area contributed by atoms with Crippen LogP contribution in [-0.2, 0) is 7.05 Å². The Morgan fingerprint density at radius 1 is 1.62 bits per heavy atom. The van der Waals surface area contributed by atoms with Gasteiger partial charge in [-0.05, 0) is 6.92 Å². The van der Waals surface area contributed by atoms with Crippen LogP contribution in [0.25, 0.3) is 11.0 Å². The topological polar surface area (TPSA) is 77.0 Å². The number of hydrogen-bond acceptors (Lipinski definition) is 4. The number of nitrogens with two attached hydrogens (primary N) is 1. The van der Waals surface area contributed by atoms with Crippen LogP contribution in [0.15, 0.2) is 6.20 Å². The van der Waals surface area contributed by atoms with E-state index in [1.807, 2.05) is 6.92 Å². The number of aryl methyl sites for hydroxylation is 2. The fourth-order valence-electron chi connectivity index (χ4n) is 1.74. The number of aliphatic hydroxyl groups excluding tert-OH is 1. The molecule has 0 aliphatic heterocycles. The molecule has 0 spiro atoms. The van der Waals surface area contributed by atoms with Crippen molar-refractivity contribution in [2.24, 2.45) is 12.8 Å². The van der Waals surface area contributed by atoms with Gasteiger partial charge < -0.3 is 10.8 Å². The summed E-state index contributed by atoms with van der Waals surface area (Å²) in [6.45, 7) is 1.97. The van der Waals surface area contributed by atoms with Gasteiger partial charge in [-0.3, -0.25) is 4.68 Å². The van der Waals surface area contributed by atoms with E-state index < -0.39 is 6.10 Å². The molecule has 0 fully saturated rings. The number of aromatic nitrogens is 3. The lowest BCUT2D eigenvalue weighted by Gasteiger charge is -2.10. The van der Waals surface area contributed by atoms with Crippen LogP contribution in [0.3, 0.4) is 0 Å². The number of halogens is 1. The summed E-state index contributed by atoms with van der Waals surface area (Å²) >= 11 is 6.22. The maximum atomic E-state index is 9.69. The van der Waals surface area contributed by atoms with Crippen LogP contribution in [0.2, 0.25) is 5.02 Å². The summed E-state index contributed by atoms with van der Waals surface area (Å²) < 4.78 is 1.66. The molecule has 16 heavy (non-hydrogen) atoms. The van der Waals surface area contributed by atoms with E-state index in [2.05, 4.69) is 10.1 Å². The van der Waals surface area contributed by atoms with Crippen LogP contribution < -0.4 is 5.73 Å². The van der Waals surface area contributed by atoms with E-state index in [1.54, 1.807) is 17.9 Å². The van der Waals surface area contributed by atoms with Gasteiger partial charge in [0.1, 0.15) is 0 Å². The molecule has 0 amide bonds. The highest BCUT2D eigenvalue weighted by Gasteiger charge is 2.17. The Morgan fingerprint density at radius 3 is 2.94 bits per heavy atom. The molecule has 6 heteroatoms. The first-order chi connectivity index (χ1) is 7.56. The number of nitrogens with zero attached hydrogens (tertiary/aromatic N) is 3. The summed E-state index contributed by atoms with van der Waals surface area (Å²) in [5, 5.41) is 15.2. The maximum Gasteiger partial charge on any atom is 0.159 e. The summed E-state index contributed by atoms with van der Waals surface area (Å²) in [6.07, 6.45) is 0.757. The lowest BCUT2D eigenvalue weighted by atomic mass is 10.1. The van der Waals surface area contributed by atoms with E-state index in [0.717, 1.165) is 11.1 Å². The lowest BCUT2D eigenvalue weighted by Crippen LogP contribution is -2.12. The van der Waals surface area contributed by atoms with E-state index in [0.29, 0.717) is 16.2 Å². The first-order valence-corrected chi connectivity index (χ1v) is 5.30. The van der Waals surface area contributed by atoms with Gasteiger partial charge in [0, 0.05) is 25.4 Å². The minimum Gasteiger partial charge on any atom is -0.387 e. The fourth-order valence-corrected chi connectivity index (χ4v) is 2.14. The van der Waals surface area contributed by atoms with Crippen molar-refractivity contribution in [1.82, 2.24) is 14.8 Å². The Bertz CT molecular complexity index is 537. The smallest absolute Gasteiger partial charge is 0.159 e. The predicted octanol–water partition coefficient (Wildman–Crippen LogP) is 0.922. The van der Waals surface area contributed by atoms with Crippen LogP contribution in [0, 0.1) is 6.92 Å². The van der Waals surface area contributed by atoms with Crippen LogP contribution >= 0.6 is 11.6 Å². The lowest BCUT2D eigenvalue weighted by molar-refractivity contribution is 0.186. The Balaban J connectivity index is 2.74. The summed E-state index contributed by atoms with van der Waals surface area (Å²) in [6, 6.07) is 0. The Kier molecular flexibility index (Phi) is 2.84. The SMILES string of the molecule is Cc1nn(C)c2ncc(C(O)CN)c(Cl)c12. The summed E-state index contributed by atoms with van der Waals surface area (Å²) in [4.78, 5) is 4.23. The van der Waals surface area contributed by atoms with E-state index in [1.165, 1.54) is 0 Å². The third kappa shape index (κ3) is 1.57. The van der Waals surface area contributed by atoms with Crippen LogP contribution in [0.1, 0.15) is 17.4 Å². The number of aliphatic hydroxyl groups is 1. The maximum absolute atomic E-state index is 9.69. The Hall–Kier alpha value is -1.17. The molecule has 3 N–H and O–H groups in total. The van der Waals surface area contributed by atoms with Gasteiger partial charge in [0.2, 0.25) is 0 Å². The molecule has 86 valence electrons. The second-order valence-electron chi connectivity index (χ2n) is 3.69. The number of fused-ring (bicyclic) bond motifs is 1. The number of pyridine rings is 1. The molecular weight excluding hydrogens is 228 g/mol. The monoisotopic (exact) mass is 240 g/mol. The molecule has 0 aromatic carbocycles. The Labute approximate surface area is 97.8 Å². The molecule has 0 radical (unpaired) electrons. The van der Waals surface area contributed by atoms with Crippen LogP contribution in [0.5, 0.6) is 0 Å². The minimum absolute atomic E-state index is 0.117. The summed E-state index contributed by atoms with van der Waals surface area (Å²) in [7, 11) is 1.80. The summed E-state index contributed by atoms with van der Waals surface area (Å²) in [5.74, 6) is 0. The van der Waals surface area contributed by atoms with Crippen molar-refractivity contribution in [1.29, 1.82) is 0 Å². The highest BCUT2D eigenvalue weighted by molar-refractivity contribution is 6.36. The highest BCUT2D eigenvalue weighted by Crippen LogP contribution is 2.30. The average molecular weight is 241 g/mol. The molecule has 2 aromatic rings. The first kappa shape index (κ1) is 11.3. The molecule has 0 saturated carbocycles. The number of hydrogen-bond donors (Lipinski definition) is 2. The van der Waals surface area contributed by atoms with E-state index >= 15 is 0 Å². The second kappa shape index (κ2) is 4.01. The van der Waals surface area contributed by atoms with E-state index in [4.69, 9.17) is 17.3 Å². The third-order valence-corrected chi connectivity index (χ3v) is 2.98. The van der Waals surface area contributed by atoms with Crippen molar-refractivity contribution in [3.05, 3.63) is 22.5 Å². The zero-order valence-corrected chi connectivity index (χ0v) is 9.86. The van der Waals surface area contributed by atoms with Gasteiger partial charge in [-0.15, -0.1) is 0 Å². The van der Waals surface area contributed by atoms with Crippen molar-refractivity contribution in [2.75, 3.05) is 6.54 Å². The standard InChI is InChI=1S/C10H13ClN4O/c1-5-8-9(11)6(7(16)3-12)4-13-10(8)15(2)14-5/h4,7,16H,3,12H2,1-2H3. The van der Waals surface area contributed by atoms with Crippen molar-refractivity contribution in [2.45, 2.75) is 13.0 Å². The molecule has 0 aliphatic rings. The largest absolute Gasteiger partial charge is 0.387 e. The average Bonchev–Trinajstić information content (AvgIpc) is 2.54. The van der Waals surface area contributed by atoms with E-state index in [9.17, 15) is 5.11 Å². The van der Waals surface area contributed by atoms with Gasteiger partial charge in [-0.1, -0.05) is 11.6 Å². The zero-order valence-electron chi connectivity index (χ0n) is 9.11. The van der Waals surface area contributed by atoms with Crippen molar-refractivity contribution < 1.29 is 5.11 Å². The quantitative estimate of drug-likeness (QED) is 0.819. The zero-order chi connectivity index (χ0) is 11.9. The van der Waals surface area contributed by atoms with Gasteiger partial charge >= 0.3 is 0 Å². The molecule has 2 heterocycles. The van der Waals surface area contributed by atoms with Crippen LogP contribution in [-0.4, -0.2) is 26.4 Å². The molecule has 0 saturated heterocycles. The molecule has 1 atom stereocenters. The molecule has 1 unspecified atom stereocenters. The van der Waals surface area contributed by atoms with E-state index in [-0.39, 0.29) is 6.54 Å². The second-order valence-corrected chi connectivity index (χ2v) is 4.06. The minimum atomic E-state index is -0.788. The third-order valence-electron chi connectivity index (χ3n) is 2.57. The fraction of sp³-hybridized carbons (Fsp3) is 0.400. The molecule has 0 bridgehead atoms. The van der Waals surface area contributed by atoms with Gasteiger partial charge in [0.05, 0.1) is 22.2 Å². The predicted molar refractivity (Wildman–Crippen MR) is 62.3 cm³/mol. The molecule has 2 aromatic heterocycles. The first-order valence-electron chi connectivity index (χ1n) is 4.92. The van der Waals surface area contributed by atoms with Gasteiger partial charge in [-0.25, -0.2) is 4.98 Å². The number of rotatable bonds is 2. The summed E-state index contributed by atoms with van der Waals surface area (Å²) in [5.41, 5.74) is 7.45. The van der Waals surface area contributed by atoms with Gasteiger partial charge in [0.15, 0.2) is 5.65 Å². The Morgan fingerprint density at radius 2 is 2.31 bits per heavy atom. The van der Waals surface area contributed by atoms with Gasteiger partial charge in [0.25, 0.3) is 0 Å². The van der Waals surface area contributed by atoms with Crippen molar-refractivity contribution in [3.8, 4) is 0 Å². The molecule has 0 aliphatic carbocycles. The normalized spacial score (nSPS) is 13.3. The van der Waals surface area contributed by atoms with Gasteiger partial charge in [-0.2, -0.15) is 5.10 Å². The molecule has 2 rings (SSSR count). The van der Waals surface area contributed by atoms with Crippen molar-refractivity contribution >= 4 is 22.6 Å². The van der Waals surface area contributed by atoms with Crippen molar-refractivity contribution in [3.63, 3.8) is 0 Å². The molecule has 5 nitrogen and oxygen atoms in total. The van der Waals surface area contributed by atoms with Crippen LogP contribution in [0.4, 0.5) is 0 Å². The highest BCUT2D eigenvalue weighted by atomic mass is 35.5. The molecular formula is C10H13ClN4O.